The third-order valence-corrected chi connectivity index (χ3v) is 2.97. The lowest BCUT2D eigenvalue weighted by Gasteiger charge is -2.41. The first-order chi connectivity index (χ1) is 9.37. The average molecular weight is 276 g/mol. The number of aldehydes is 1. The highest BCUT2D eigenvalue weighted by Crippen LogP contribution is 2.21. The molecule has 0 saturated carbocycles. The fourth-order valence-corrected chi connectivity index (χ4v) is 2.05. The van der Waals surface area contributed by atoms with Gasteiger partial charge >= 0.3 is 6.09 Å². The van der Waals surface area contributed by atoms with Crippen molar-refractivity contribution in [1.29, 1.82) is 0 Å². The molecule has 5 heteroatoms. The number of nitrogens with one attached hydrogen (secondary N) is 1. The molecule has 1 amide bonds. The maximum Gasteiger partial charge on any atom is 0.407 e. The van der Waals surface area contributed by atoms with E-state index in [2.05, 4.69) is 10.2 Å². The molecular formula is C15H20N2O3. The number of nitrogens with zero attached hydrogens (tertiary/aromatic N) is 1. The molecule has 0 atom stereocenters. The van der Waals surface area contributed by atoms with Crippen LogP contribution in [0.5, 0.6) is 0 Å². The van der Waals surface area contributed by atoms with Gasteiger partial charge in [-0.1, -0.05) is 12.1 Å². The summed E-state index contributed by atoms with van der Waals surface area (Å²) in [6.07, 6.45) is 0.448. The fourth-order valence-electron chi connectivity index (χ4n) is 2.05. The molecule has 0 aromatic heterocycles. The van der Waals surface area contributed by atoms with Crippen molar-refractivity contribution in [1.82, 2.24) is 5.32 Å². The molecule has 0 spiro atoms. The lowest BCUT2D eigenvalue weighted by atomic mass is 10.1. The molecule has 20 heavy (non-hydrogen) atoms. The smallest absolute Gasteiger partial charge is 0.407 e. The summed E-state index contributed by atoms with van der Waals surface area (Å²) in [5.74, 6) is 0. The van der Waals surface area contributed by atoms with E-state index in [9.17, 15) is 9.59 Å². The van der Waals surface area contributed by atoms with E-state index in [4.69, 9.17) is 4.74 Å². The minimum Gasteiger partial charge on any atom is -0.444 e. The van der Waals surface area contributed by atoms with Gasteiger partial charge in [-0.3, -0.25) is 4.79 Å². The van der Waals surface area contributed by atoms with E-state index in [-0.39, 0.29) is 12.1 Å². The second kappa shape index (κ2) is 5.53. The van der Waals surface area contributed by atoms with Crippen LogP contribution in [0.15, 0.2) is 24.3 Å². The number of ether oxygens (including phenoxy) is 1. The zero-order valence-electron chi connectivity index (χ0n) is 12.1. The molecule has 108 valence electrons. The number of benzene rings is 1. The van der Waals surface area contributed by atoms with Crippen LogP contribution in [0, 0.1) is 0 Å². The lowest BCUT2D eigenvalue weighted by Crippen LogP contribution is -2.60. The van der Waals surface area contributed by atoms with Crippen LogP contribution in [0.25, 0.3) is 0 Å². The highest BCUT2D eigenvalue weighted by Gasteiger charge is 2.29. The van der Waals surface area contributed by atoms with Gasteiger partial charge in [0.05, 0.1) is 6.04 Å². The number of rotatable bonds is 3. The Kier molecular flexibility index (Phi) is 3.97. The Hall–Kier alpha value is -2.04. The van der Waals surface area contributed by atoms with Gasteiger partial charge in [-0.25, -0.2) is 4.79 Å². The van der Waals surface area contributed by atoms with Crippen LogP contribution in [-0.4, -0.2) is 37.1 Å². The number of alkyl carbamates (subject to hydrolysis) is 1. The van der Waals surface area contributed by atoms with Gasteiger partial charge in [-0.2, -0.15) is 0 Å². The standard InChI is InChI=1S/C15H20N2O3/c1-15(2,3)20-14(19)16-12-8-17(9-12)13-6-4-5-11(7-13)10-18/h4-7,10,12H,8-9H2,1-3H3,(H,16,19). The van der Waals surface area contributed by atoms with Crippen LogP contribution in [-0.2, 0) is 4.74 Å². The van der Waals surface area contributed by atoms with Crippen LogP contribution < -0.4 is 10.2 Å². The molecule has 1 aromatic carbocycles. The third kappa shape index (κ3) is 3.73. The third-order valence-electron chi connectivity index (χ3n) is 2.97. The van der Waals surface area contributed by atoms with Crippen LogP contribution in [0.1, 0.15) is 31.1 Å². The molecule has 0 aliphatic carbocycles. The van der Waals surface area contributed by atoms with Crippen molar-refractivity contribution >= 4 is 18.1 Å². The molecule has 1 aliphatic heterocycles. The predicted octanol–water partition coefficient (Wildman–Crippen LogP) is 2.21. The molecule has 0 bridgehead atoms. The first-order valence-corrected chi connectivity index (χ1v) is 6.67. The maximum absolute atomic E-state index is 11.6. The van der Waals surface area contributed by atoms with Crippen molar-refractivity contribution in [3.63, 3.8) is 0 Å². The number of hydrogen-bond donors (Lipinski definition) is 1. The van der Waals surface area contributed by atoms with Crippen LogP contribution in [0.4, 0.5) is 10.5 Å². The summed E-state index contributed by atoms with van der Waals surface area (Å²) in [4.78, 5) is 24.5. The molecule has 1 N–H and O–H groups in total. The van der Waals surface area contributed by atoms with E-state index >= 15 is 0 Å². The molecule has 1 aliphatic rings. The van der Waals surface area contributed by atoms with Crippen molar-refractivity contribution < 1.29 is 14.3 Å². The Labute approximate surface area is 118 Å². The molecule has 1 fully saturated rings. The summed E-state index contributed by atoms with van der Waals surface area (Å²) in [6, 6.07) is 7.51. The number of anilines is 1. The number of hydrogen-bond acceptors (Lipinski definition) is 4. The summed E-state index contributed by atoms with van der Waals surface area (Å²) < 4.78 is 5.21. The Morgan fingerprint density at radius 3 is 2.70 bits per heavy atom. The molecule has 2 rings (SSSR count). The summed E-state index contributed by atoms with van der Waals surface area (Å²) in [6.45, 7) is 6.96. The van der Waals surface area contributed by atoms with E-state index in [0.29, 0.717) is 5.56 Å². The van der Waals surface area contributed by atoms with E-state index < -0.39 is 5.60 Å². The number of amides is 1. The molecular weight excluding hydrogens is 256 g/mol. The van der Waals surface area contributed by atoms with E-state index in [1.807, 2.05) is 39.0 Å². The maximum atomic E-state index is 11.6. The van der Waals surface area contributed by atoms with Crippen molar-refractivity contribution in [2.75, 3.05) is 18.0 Å². The predicted molar refractivity (Wildman–Crippen MR) is 77.2 cm³/mol. The Balaban J connectivity index is 1.82. The minimum absolute atomic E-state index is 0.0877. The van der Waals surface area contributed by atoms with Gasteiger partial charge in [0.1, 0.15) is 11.9 Å². The molecule has 5 nitrogen and oxygen atoms in total. The Morgan fingerprint density at radius 1 is 1.40 bits per heavy atom. The molecule has 0 unspecified atom stereocenters. The van der Waals surface area contributed by atoms with Crippen molar-refractivity contribution in [3.05, 3.63) is 29.8 Å². The van der Waals surface area contributed by atoms with Crippen LogP contribution in [0.2, 0.25) is 0 Å². The highest BCUT2D eigenvalue weighted by molar-refractivity contribution is 5.77. The normalized spacial score (nSPS) is 15.4. The monoisotopic (exact) mass is 276 g/mol. The van der Waals surface area contributed by atoms with E-state index in [1.54, 1.807) is 6.07 Å². The quantitative estimate of drug-likeness (QED) is 0.860. The largest absolute Gasteiger partial charge is 0.444 e. The van der Waals surface area contributed by atoms with Gasteiger partial charge in [-0.05, 0) is 32.9 Å². The summed E-state index contributed by atoms with van der Waals surface area (Å²) in [5, 5.41) is 2.83. The van der Waals surface area contributed by atoms with Crippen LogP contribution in [0.3, 0.4) is 0 Å². The second-order valence-electron chi connectivity index (χ2n) is 5.96. The summed E-state index contributed by atoms with van der Waals surface area (Å²) in [5.41, 5.74) is 1.18. The SMILES string of the molecule is CC(C)(C)OC(=O)NC1CN(c2cccc(C=O)c2)C1. The summed E-state index contributed by atoms with van der Waals surface area (Å²) >= 11 is 0. The van der Waals surface area contributed by atoms with Gasteiger partial charge in [-0.15, -0.1) is 0 Å². The first kappa shape index (κ1) is 14.4. The molecule has 1 aromatic rings. The lowest BCUT2D eigenvalue weighted by molar-refractivity contribution is 0.0496. The zero-order chi connectivity index (χ0) is 14.8. The van der Waals surface area contributed by atoms with Crippen molar-refractivity contribution in [3.8, 4) is 0 Å². The van der Waals surface area contributed by atoms with Gasteiger partial charge in [0.25, 0.3) is 0 Å². The van der Waals surface area contributed by atoms with Gasteiger partial charge < -0.3 is 15.0 Å². The fraction of sp³-hybridized carbons (Fsp3) is 0.467. The van der Waals surface area contributed by atoms with Gasteiger partial charge in [0.15, 0.2) is 0 Å². The van der Waals surface area contributed by atoms with Crippen molar-refractivity contribution in [2.45, 2.75) is 32.4 Å². The Bertz CT molecular complexity index is 502. The van der Waals surface area contributed by atoms with Crippen LogP contribution >= 0.6 is 0 Å². The number of carbonyl (C=O) groups is 2. The molecule has 1 saturated heterocycles. The summed E-state index contributed by atoms with van der Waals surface area (Å²) in [7, 11) is 0. The Morgan fingerprint density at radius 2 is 2.10 bits per heavy atom. The highest BCUT2D eigenvalue weighted by atomic mass is 16.6. The second-order valence-corrected chi connectivity index (χ2v) is 5.96. The number of carbonyl (C=O) groups excluding carboxylic acids is 2. The van der Waals surface area contributed by atoms with E-state index in [1.165, 1.54) is 0 Å². The first-order valence-electron chi connectivity index (χ1n) is 6.67. The zero-order valence-corrected chi connectivity index (χ0v) is 12.1. The van der Waals surface area contributed by atoms with Gasteiger partial charge in [0.2, 0.25) is 0 Å². The molecule has 1 heterocycles. The van der Waals surface area contributed by atoms with E-state index in [0.717, 1.165) is 25.1 Å². The molecule has 0 radical (unpaired) electrons. The topological polar surface area (TPSA) is 58.6 Å². The van der Waals surface area contributed by atoms with Crippen molar-refractivity contribution in [2.24, 2.45) is 0 Å². The average Bonchev–Trinajstić information content (AvgIpc) is 2.31. The van der Waals surface area contributed by atoms with Gasteiger partial charge in [0, 0.05) is 24.3 Å². The minimum atomic E-state index is -0.480.